The minimum Gasteiger partial charge on any atom is -0.395 e. The largest absolute Gasteiger partial charge is 0.395 e. The van der Waals surface area contributed by atoms with Crippen molar-refractivity contribution in [3.05, 3.63) is 21.4 Å². The topological polar surface area (TPSA) is 92.4 Å². The van der Waals surface area contributed by atoms with Gasteiger partial charge in [-0.15, -0.1) is 11.3 Å². The van der Waals surface area contributed by atoms with Crippen molar-refractivity contribution >= 4 is 23.2 Å². The lowest BCUT2D eigenvalue weighted by Gasteiger charge is -1.98. The zero-order valence-corrected chi connectivity index (χ0v) is 10.8. The standard InChI is InChI=1S/C12H14N2O3S/c1-8-6-10(12(17)14-7-11(13)16)18-9(8)4-2-3-5-15/h6,15H,3,5,7H2,1H3,(H2,13,16)(H,14,17). The molecule has 0 bridgehead atoms. The number of thiophene rings is 1. The van der Waals surface area contributed by atoms with E-state index < -0.39 is 5.91 Å². The molecule has 0 saturated heterocycles. The number of primary amides is 1. The Morgan fingerprint density at radius 3 is 2.89 bits per heavy atom. The second kappa shape index (κ2) is 6.79. The van der Waals surface area contributed by atoms with Crippen LogP contribution < -0.4 is 11.1 Å². The number of carbonyl (C=O) groups is 2. The molecule has 1 heterocycles. The highest BCUT2D eigenvalue weighted by Crippen LogP contribution is 2.20. The summed E-state index contributed by atoms with van der Waals surface area (Å²) in [5.74, 6) is 4.77. The molecule has 0 atom stereocenters. The van der Waals surface area contributed by atoms with Gasteiger partial charge in [0, 0.05) is 6.42 Å². The first kappa shape index (κ1) is 14.2. The number of amides is 2. The molecule has 5 nitrogen and oxygen atoms in total. The van der Waals surface area contributed by atoms with Crippen LogP contribution in [-0.4, -0.2) is 30.1 Å². The van der Waals surface area contributed by atoms with E-state index in [-0.39, 0.29) is 19.1 Å². The lowest BCUT2D eigenvalue weighted by Crippen LogP contribution is -2.32. The van der Waals surface area contributed by atoms with Gasteiger partial charge in [-0.1, -0.05) is 11.8 Å². The molecule has 1 rings (SSSR count). The summed E-state index contributed by atoms with van der Waals surface area (Å²) < 4.78 is 0. The Kier molecular flexibility index (Phi) is 5.36. The number of hydrogen-bond donors (Lipinski definition) is 3. The third-order valence-electron chi connectivity index (χ3n) is 2.00. The normalized spacial score (nSPS) is 9.44. The molecular formula is C12H14N2O3S. The van der Waals surface area contributed by atoms with Gasteiger partial charge < -0.3 is 16.2 Å². The van der Waals surface area contributed by atoms with Crippen molar-refractivity contribution in [2.24, 2.45) is 5.73 Å². The highest BCUT2D eigenvalue weighted by molar-refractivity contribution is 7.14. The fraction of sp³-hybridized carbons (Fsp3) is 0.333. The molecule has 0 aliphatic carbocycles. The molecule has 4 N–H and O–H groups in total. The van der Waals surface area contributed by atoms with E-state index in [9.17, 15) is 9.59 Å². The molecule has 0 unspecified atom stereocenters. The number of nitrogens with two attached hydrogens (primary N) is 1. The first-order valence-electron chi connectivity index (χ1n) is 5.31. The Labute approximate surface area is 109 Å². The van der Waals surface area contributed by atoms with Crippen molar-refractivity contribution < 1.29 is 14.7 Å². The lowest BCUT2D eigenvalue weighted by molar-refractivity contribution is -0.117. The summed E-state index contributed by atoms with van der Waals surface area (Å²) in [7, 11) is 0. The summed E-state index contributed by atoms with van der Waals surface area (Å²) >= 11 is 1.25. The maximum absolute atomic E-state index is 11.6. The van der Waals surface area contributed by atoms with Crippen LogP contribution in [0.5, 0.6) is 0 Å². The van der Waals surface area contributed by atoms with Crippen LogP contribution in [0.1, 0.15) is 26.5 Å². The summed E-state index contributed by atoms with van der Waals surface area (Å²) in [6.45, 7) is 1.69. The van der Waals surface area contributed by atoms with Crippen LogP contribution in [0.4, 0.5) is 0 Å². The van der Waals surface area contributed by atoms with Crippen LogP contribution >= 0.6 is 11.3 Å². The number of carbonyl (C=O) groups excluding carboxylic acids is 2. The minimum atomic E-state index is -0.584. The fourth-order valence-corrected chi connectivity index (χ4v) is 2.13. The van der Waals surface area contributed by atoms with Gasteiger partial charge in [0.1, 0.15) is 0 Å². The molecule has 0 aliphatic rings. The van der Waals surface area contributed by atoms with E-state index in [0.29, 0.717) is 11.3 Å². The number of aliphatic hydroxyl groups excluding tert-OH is 1. The third-order valence-corrected chi connectivity index (χ3v) is 3.15. The lowest BCUT2D eigenvalue weighted by atomic mass is 10.2. The minimum absolute atomic E-state index is 0.0172. The van der Waals surface area contributed by atoms with Gasteiger partial charge in [-0.05, 0) is 18.6 Å². The van der Waals surface area contributed by atoms with Crippen LogP contribution in [0, 0.1) is 18.8 Å². The monoisotopic (exact) mass is 266 g/mol. The van der Waals surface area contributed by atoms with Crippen LogP contribution in [0.3, 0.4) is 0 Å². The summed E-state index contributed by atoms with van der Waals surface area (Å²) in [6, 6.07) is 1.71. The Morgan fingerprint density at radius 1 is 1.56 bits per heavy atom. The molecule has 1 aromatic rings. The highest BCUT2D eigenvalue weighted by atomic mass is 32.1. The van der Waals surface area contributed by atoms with Gasteiger partial charge in [-0.2, -0.15) is 0 Å². The molecular weight excluding hydrogens is 252 g/mol. The van der Waals surface area contributed by atoms with E-state index in [0.717, 1.165) is 10.4 Å². The van der Waals surface area contributed by atoms with E-state index in [1.807, 2.05) is 6.92 Å². The van der Waals surface area contributed by atoms with Crippen LogP contribution in [0.25, 0.3) is 0 Å². The van der Waals surface area contributed by atoms with Crippen molar-refractivity contribution in [1.82, 2.24) is 5.32 Å². The van der Waals surface area contributed by atoms with Gasteiger partial charge in [0.2, 0.25) is 5.91 Å². The molecule has 2 amide bonds. The van der Waals surface area contributed by atoms with E-state index in [1.54, 1.807) is 6.07 Å². The Bertz CT molecular complexity index is 511. The highest BCUT2D eigenvalue weighted by Gasteiger charge is 2.11. The predicted octanol–water partition coefficient (Wildman–Crippen LogP) is 0.00552. The number of aryl methyl sites for hydroxylation is 1. The first-order valence-corrected chi connectivity index (χ1v) is 6.13. The molecule has 0 aromatic carbocycles. The van der Waals surface area contributed by atoms with Crippen molar-refractivity contribution in [1.29, 1.82) is 0 Å². The Balaban J connectivity index is 2.75. The number of hydrogen-bond acceptors (Lipinski definition) is 4. The van der Waals surface area contributed by atoms with E-state index >= 15 is 0 Å². The molecule has 1 aromatic heterocycles. The summed E-state index contributed by atoms with van der Waals surface area (Å²) in [6.07, 6.45) is 0.403. The van der Waals surface area contributed by atoms with Crippen molar-refractivity contribution in [3.8, 4) is 11.8 Å². The van der Waals surface area contributed by atoms with Crippen LogP contribution in [0.15, 0.2) is 6.07 Å². The molecule has 96 valence electrons. The molecule has 18 heavy (non-hydrogen) atoms. The predicted molar refractivity (Wildman–Crippen MR) is 69.2 cm³/mol. The molecule has 0 radical (unpaired) electrons. The summed E-state index contributed by atoms with van der Waals surface area (Å²) in [5.41, 5.74) is 5.84. The molecule has 0 spiro atoms. The number of aliphatic hydroxyl groups is 1. The van der Waals surface area contributed by atoms with Gasteiger partial charge in [0.25, 0.3) is 5.91 Å². The number of nitrogens with one attached hydrogen (secondary N) is 1. The number of rotatable bonds is 4. The van der Waals surface area contributed by atoms with Gasteiger partial charge >= 0.3 is 0 Å². The Hall–Kier alpha value is -1.84. The molecule has 0 saturated carbocycles. The van der Waals surface area contributed by atoms with E-state index in [4.69, 9.17) is 10.8 Å². The van der Waals surface area contributed by atoms with Crippen molar-refractivity contribution in [3.63, 3.8) is 0 Å². The second-order valence-electron chi connectivity index (χ2n) is 3.55. The zero-order chi connectivity index (χ0) is 13.5. The quantitative estimate of drug-likeness (QED) is 0.670. The van der Waals surface area contributed by atoms with Crippen molar-refractivity contribution in [2.45, 2.75) is 13.3 Å². The molecule has 0 aliphatic heterocycles. The van der Waals surface area contributed by atoms with Gasteiger partial charge in [0.05, 0.1) is 22.9 Å². The summed E-state index contributed by atoms with van der Waals surface area (Å²) in [4.78, 5) is 23.5. The molecule has 0 fully saturated rings. The SMILES string of the molecule is Cc1cc(C(=O)NCC(N)=O)sc1C#CCCO. The Morgan fingerprint density at radius 2 is 2.28 bits per heavy atom. The van der Waals surface area contributed by atoms with E-state index in [2.05, 4.69) is 17.2 Å². The maximum Gasteiger partial charge on any atom is 0.261 e. The molecule has 6 heteroatoms. The van der Waals surface area contributed by atoms with Crippen LogP contribution in [0.2, 0.25) is 0 Å². The first-order chi connectivity index (χ1) is 8.54. The van der Waals surface area contributed by atoms with Crippen LogP contribution in [-0.2, 0) is 4.79 Å². The second-order valence-corrected chi connectivity index (χ2v) is 4.60. The van der Waals surface area contributed by atoms with Gasteiger partial charge in [0.15, 0.2) is 0 Å². The summed E-state index contributed by atoms with van der Waals surface area (Å²) in [5, 5.41) is 11.0. The zero-order valence-electron chi connectivity index (χ0n) is 9.95. The van der Waals surface area contributed by atoms with Crippen molar-refractivity contribution in [2.75, 3.05) is 13.2 Å². The average molecular weight is 266 g/mol. The van der Waals surface area contributed by atoms with Gasteiger partial charge in [-0.25, -0.2) is 0 Å². The van der Waals surface area contributed by atoms with Gasteiger partial charge in [-0.3, -0.25) is 9.59 Å². The average Bonchev–Trinajstić information content (AvgIpc) is 2.68. The maximum atomic E-state index is 11.6. The smallest absolute Gasteiger partial charge is 0.261 e. The third kappa shape index (κ3) is 4.20. The van der Waals surface area contributed by atoms with E-state index in [1.165, 1.54) is 11.3 Å². The fourth-order valence-electron chi connectivity index (χ4n) is 1.17.